The van der Waals surface area contributed by atoms with Gasteiger partial charge in [0.1, 0.15) is 11.4 Å². The Bertz CT molecular complexity index is 534. The first-order valence-electron chi connectivity index (χ1n) is 8.66. The van der Waals surface area contributed by atoms with E-state index in [0.717, 1.165) is 19.5 Å². The lowest BCUT2D eigenvalue weighted by Gasteiger charge is -2.35. The Morgan fingerprint density at radius 2 is 2.04 bits per heavy atom. The van der Waals surface area contributed by atoms with Gasteiger partial charge in [0.25, 0.3) is 0 Å². The molecule has 1 heterocycles. The van der Waals surface area contributed by atoms with E-state index in [-0.39, 0.29) is 18.4 Å². The largest absolute Gasteiger partial charge is 0.384 e. The number of likely N-dealkylation sites (tertiary alicyclic amines) is 1. The zero-order valence-electron chi connectivity index (χ0n) is 14.5. The Hall–Kier alpha value is -1.66. The standard InChI is InChI=1S/C18H28FN3O2/c1-3-22-11-5-4-6-16(22)12-20-17(23)21-13-18(2,24)14-7-9-15(19)10-8-14/h7-10,16,24H,3-6,11-13H2,1-2H3,(H2,20,21,23). The molecule has 5 nitrogen and oxygen atoms in total. The van der Waals surface area contributed by atoms with Crippen LogP contribution in [0.25, 0.3) is 0 Å². The number of hydrogen-bond acceptors (Lipinski definition) is 3. The van der Waals surface area contributed by atoms with Crippen LogP contribution in [0.5, 0.6) is 0 Å². The maximum Gasteiger partial charge on any atom is 0.314 e. The van der Waals surface area contributed by atoms with Gasteiger partial charge in [-0.05, 0) is 50.6 Å². The quantitative estimate of drug-likeness (QED) is 0.746. The number of amides is 2. The van der Waals surface area contributed by atoms with Gasteiger partial charge in [-0.3, -0.25) is 4.90 Å². The Balaban J connectivity index is 1.78. The molecule has 6 heteroatoms. The summed E-state index contributed by atoms with van der Waals surface area (Å²) in [5.41, 5.74) is -0.681. The monoisotopic (exact) mass is 337 g/mol. The molecule has 1 fully saturated rings. The number of nitrogens with one attached hydrogen (secondary N) is 2. The molecular formula is C18H28FN3O2. The van der Waals surface area contributed by atoms with Crippen molar-refractivity contribution in [1.82, 2.24) is 15.5 Å². The molecule has 2 rings (SSSR count). The highest BCUT2D eigenvalue weighted by molar-refractivity contribution is 5.74. The minimum atomic E-state index is -1.24. The second kappa shape index (κ2) is 8.44. The molecule has 0 radical (unpaired) electrons. The molecule has 2 unspecified atom stereocenters. The van der Waals surface area contributed by atoms with Gasteiger partial charge in [0, 0.05) is 12.6 Å². The van der Waals surface area contributed by atoms with Crippen molar-refractivity contribution < 1.29 is 14.3 Å². The number of aliphatic hydroxyl groups is 1. The van der Waals surface area contributed by atoms with Crippen molar-refractivity contribution in [3.63, 3.8) is 0 Å². The van der Waals surface area contributed by atoms with Gasteiger partial charge in [-0.1, -0.05) is 25.5 Å². The van der Waals surface area contributed by atoms with Gasteiger partial charge in [-0.15, -0.1) is 0 Å². The lowest BCUT2D eigenvalue weighted by atomic mass is 9.96. The van der Waals surface area contributed by atoms with E-state index in [1.165, 1.54) is 37.1 Å². The van der Waals surface area contributed by atoms with E-state index in [4.69, 9.17) is 0 Å². The molecule has 1 aromatic carbocycles. The van der Waals surface area contributed by atoms with Gasteiger partial charge in [0.2, 0.25) is 0 Å². The summed E-state index contributed by atoms with van der Waals surface area (Å²) in [4.78, 5) is 14.4. The smallest absolute Gasteiger partial charge is 0.314 e. The topological polar surface area (TPSA) is 64.6 Å². The number of hydrogen-bond donors (Lipinski definition) is 3. The van der Waals surface area contributed by atoms with Crippen molar-refractivity contribution in [1.29, 1.82) is 0 Å². The molecule has 24 heavy (non-hydrogen) atoms. The number of halogens is 1. The number of carbonyl (C=O) groups excluding carboxylic acids is 1. The highest BCUT2D eigenvalue weighted by Gasteiger charge is 2.25. The van der Waals surface area contributed by atoms with Crippen LogP contribution in [0.4, 0.5) is 9.18 Å². The molecule has 0 bridgehead atoms. The number of urea groups is 1. The molecule has 0 aliphatic carbocycles. The molecule has 3 N–H and O–H groups in total. The van der Waals surface area contributed by atoms with Crippen molar-refractivity contribution in [2.24, 2.45) is 0 Å². The van der Waals surface area contributed by atoms with Crippen LogP contribution in [0.2, 0.25) is 0 Å². The Morgan fingerprint density at radius 1 is 1.33 bits per heavy atom. The third-order valence-electron chi connectivity index (χ3n) is 4.71. The average molecular weight is 337 g/mol. The Labute approximate surface area is 143 Å². The van der Waals surface area contributed by atoms with Crippen molar-refractivity contribution in [3.05, 3.63) is 35.6 Å². The van der Waals surface area contributed by atoms with Crippen LogP contribution in [-0.2, 0) is 5.60 Å². The molecule has 0 spiro atoms. The summed E-state index contributed by atoms with van der Waals surface area (Å²) in [6, 6.07) is 5.73. The lowest BCUT2D eigenvalue weighted by Crippen LogP contribution is -2.50. The summed E-state index contributed by atoms with van der Waals surface area (Å²) in [6.45, 7) is 6.49. The minimum Gasteiger partial charge on any atom is -0.384 e. The summed E-state index contributed by atoms with van der Waals surface area (Å²) in [5, 5.41) is 16.0. The fourth-order valence-electron chi connectivity index (χ4n) is 3.14. The maximum atomic E-state index is 13.0. The zero-order valence-corrected chi connectivity index (χ0v) is 14.5. The third-order valence-corrected chi connectivity index (χ3v) is 4.71. The van der Waals surface area contributed by atoms with E-state index >= 15 is 0 Å². The van der Waals surface area contributed by atoms with Crippen LogP contribution >= 0.6 is 0 Å². The summed E-state index contributed by atoms with van der Waals surface area (Å²) in [5.74, 6) is -0.354. The molecule has 2 amide bonds. The van der Waals surface area contributed by atoms with E-state index in [1.54, 1.807) is 6.92 Å². The highest BCUT2D eigenvalue weighted by atomic mass is 19.1. The predicted molar refractivity (Wildman–Crippen MR) is 92.3 cm³/mol. The number of carbonyl (C=O) groups is 1. The first kappa shape index (κ1) is 18.7. The van der Waals surface area contributed by atoms with Crippen molar-refractivity contribution >= 4 is 6.03 Å². The second-order valence-corrected chi connectivity index (χ2v) is 6.62. The van der Waals surface area contributed by atoms with Crippen LogP contribution in [0.3, 0.4) is 0 Å². The van der Waals surface area contributed by atoms with E-state index in [1.807, 2.05) is 0 Å². The molecular weight excluding hydrogens is 309 g/mol. The molecule has 1 aromatic rings. The highest BCUT2D eigenvalue weighted by Crippen LogP contribution is 2.20. The van der Waals surface area contributed by atoms with Crippen LogP contribution in [0.1, 0.15) is 38.7 Å². The van der Waals surface area contributed by atoms with Crippen LogP contribution in [-0.4, -0.2) is 48.3 Å². The minimum absolute atomic E-state index is 0.0621. The van der Waals surface area contributed by atoms with Gasteiger partial charge < -0.3 is 15.7 Å². The average Bonchev–Trinajstić information content (AvgIpc) is 2.59. The normalized spacial score (nSPS) is 21.1. The van der Waals surface area contributed by atoms with E-state index in [9.17, 15) is 14.3 Å². The molecule has 0 aromatic heterocycles. The SMILES string of the molecule is CCN1CCCCC1CNC(=O)NCC(C)(O)c1ccc(F)cc1. The number of nitrogens with zero attached hydrogens (tertiary/aromatic N) is 1. The molecule has 134 valence electrons. The molecule has 1 aliphatic heterocycles. The van der Waals surface area contributed by atoms with Crippen molar-refractivity contribution in [2.45, 2.75) is 44.8 Å². The predicted octanol–water partition coefficient (Wildman–Crippen LogP) is 2.21. The van der Waals surface area contributed by atoms with Gasteiger partial charge in [0.15, 0.2) is 0 Å². The summed E-state index contributed by atoms with van der Waals surface area (Å²) >= 11 is 0. The lowest BCUT2D eigenvalue weighted by molar-refractivity contribution is 0.0591. The molecule has 0 saturated carbocycles. The van der Waals surface area contributed by atoms with Gasteiger partial charge in [-0.25, -0.2) is 9.18 Å². The Morgan fingerprint density at radius 3 is 2.71 bits per heavy atom. The first-order valence-corrected chi connectivity index (χ1v) is 8.66. The van der Waals surface area contributed by atoms with Gasteiger partial charge >= 0.3 is 6.03 Å². The van der Waals surface area contributed by atoms with Crippen LogP contribution in [0.15, 0.2) is 24.3 Å². The fourth-order valence-corrected chi connectivity index (χ4v) is 3.14. The number of likely N-dealkylation sites (N-methyl/N-ethyl adjacent to an activating group) is 1. The van der Waals surface area contributed by atoms with E-state index in [0.29, 0.717) is 18.2 Å². The summed E-state index contributed by atoms with van der Waals surface area (Å²) < 4.78 is 13.0. The van der Waals surface area contributed by atoms with E-state index < -0.39 is 5.60 Å². The van der Waals surface area contributed by atoms with Crippen molar-refractivity contribution in [3.8, 4) is 0 Å². The fraction of sp³-hybridized carbons (Fsp3) is 0.611. The second-order valence-electron chi connectivity index (χ2n) is 6.62. The van der Waals surface area contributed by atoms with Gasteiger partial charge in [-0.2, -0.15) is 0 Å². The molecule has 2 atom stereocenters. The number of benzene rings is 1. The third kappa shape index (κ3) is 5.18. The van der Waals surface area contributed by atoms with Crippen LogP contribution < -0.4 is 10.6 Å². The van der Waals surface area contributed by atoms with Crippen molar-refractivity contribution in [2.75, 3.05) is 26.2 Å². The summed E-state index contributed by atoms with van der Waals surface area (Å²) in [7, 11) is 0. The number of rotatable bonds is 6. The Kier molecular flexibility index (Phi) is 6.57. The van der Waals surface area contributed by atoms with E-state index in [2.05, 4.69) is 22.5 Å². The first-order chi connectivity index (χ1) is 11.4. The van der Waals surface area contributed by atoms with Crippen LogP contribution in [0, 0.1) is 5.82 Å². The summed E-state index contributed by atoms with van der Waals surface area (Å²) in [6.07, 6.45) is 3.52. The molecule has 1 saturated heterocycles. The zero-order chi connectivity index (χ0) is 17.6. The van der Waals surface area contributed by atoms with Gasteiger partial charge in [0.05, 0.1) is 6.54 Å². The maximum absolute atomic E-state index is 13.0. The number of piperidine rings is 1. The molecule has 1 aliphatic rings.